The van der Waals surface area contributed by atoms with E-state index in [1.54, 1.807) is 42.7 Å². The van der Waals surface area contributed by atoms with Crippen molar-refractivity contribution in [1.82, 2.24) is 10.4 Å². The first-order valence-corrected chi connectivity index (χ1v) is 6.64. The van der Waals surface area contributed by atoms with Crippen molar-refractivity contribution in [2.45, 2.75) is 6.92 Å². The molecule has 108 valence electrons. The molecule has 1 N–H and O–H groups in total. The lowest BCUT2D eigenvalue weighted by Gasteiger charge is -2.06. The number of halogens is 1. The van der Waals surface area contributed by atoms with E-state index in [9.17, 15) is 4.79 Å². The molecule has 1 aromatic heterocycles. The number of ether oxygens (including phenoxy) is 1. The molecule has 0 unspecified atom stereocenters. The zero-order chi connectivity index (χ0) is 15.1. The number of hydrogen-bond donors (Lipinski definition) is 1. The number of benzene rings is 1. The molecule has 0 fully saturated rings. The van der Waals surface area contributed by atoms with Gasteiger partial charge in [-0.3, -0.25) is 9.78 Å². The molecular formula is C15H14ClN3O2. The molecule has 0 aliphatic heterocycles. The summed E-state index contributed by atoms with van der Waals surface area (Å²) in [4.78, 5) is 15.5. The number of pyridine rings is 1. The Hall–Kier alpha value is -2.40. The summed E-state index contributed by atoms with van der Waals surface area (Å²) in [6.45, 7) is 1.75. The molecule has 1 aromatic carbocycles. The second kappa shape index (κ2) is 7.40. The van der Waals surface area contributed by atoms with E-state index in [4.69, 9.17) is 16.3 Å². The van der Waals surface area contributed by atoms with Crippen molar-refractivity contribution < 1.29 is 9.53 Å². The second-order valence-corrected chi connectivity index (χ2v) is 4.68. The maximum Gasteiger partial charge on any atom is 0.277 e. The summed E-state index contributed by atoms with van der Waals surface area (Å²) in [6.07, 6.45) is 4.83. The molecule has 0 aliphatic carbocycles. The van der Waals surface area contributed by atoms with Crippen LogP contribution in [0.2, 0.25) is 5.02 Å². The Morgan fingerprint density at radius 1 is 1.38 bits per heavy atom. The van der Waals surface area contributed by atoms with Crippen molar-refractivity contribution in [3.63, 3.8) is 0 Å². The standard InChI is InChI=1S/C15H14ClN3O2/c1-11-8-13(2-3-14(11)16)21-10-15(20)19-18-9-12-4-6-17-7-5-12/h2-9H,10H2,1H3,(H,19,20). The summed E-state index contributed by atoms with van der Waals surface area (Å²) in [5.74, 6) is 0.248. The van der Waals surface area contributed by atoms with E-state index in [0.717, 1.165) is 11.1 Å². The second-order valence-electron chi connectivity index (χ2n) is 4.27. The average Bonchev–Trinajstić information content (AvgIpc) is 2.49. The molecule has 0 bridgehead atoms. The predicted molar refractivity (Wildman–Crippen MR) is 81.7 cm³/mol. The lowest BCUT2D eigenvalue weighted by atomic mass is 10.2. The van der Waals surface area contributed by atoms with Gasteiger partial charge < -0.3 is 4.74 Å². The smallest absolute Gasteiger partial charge is 0.277 e. The number of hydrogen-bond acceptors (Lipinski definition) is 4. The van der Waals surface area contributed by atoms with Crippen LogP contribution in [0.1, 0.15) is 11.1 Å². The fourth-order valence-electron chi connectivity index (χ4n) is 1.52. The zero-order valence-corrected chi connectivity index (χ0v) is 12.2. The van der Waals surface area contributed by atoms with Gasteiger partial charge in [-0.2, -0.15) is 5.10 Å². The number of carbonyl (C=O) groups excluding carboxylic acids is 1. The molecule has 0 saturated carbocycles. The van der Waals surface area contributed by atoms with E-state index < -0.39 is 0 Å². The minimum atomic E-state index is -0.340. The van der Waals surface area contributed by atoms with Gasteiger partial charge in [0.25, 0.3) is 5.91 Å². The fourth-order valence-corrected chi connectivity index (χ4v) is 1.63. The lowest BCUT2D eigenvalue weighted by Crippen LogP contribution is -2.24. The predicted octanol–water partition coefficient (Wildman–Crippen LogP) is 2.57. The first-order chi connectivity index (χ1) is 10.1. The number of aromatic nitrogens is 1. The highest BCUT2D eigenvalue weighted by Crippen LogP contribution is 2.20. The Morgan fingerprint density at radius 2 is 2.14 bits per heavy atom. The van der Waals surface area contributed by atoms with Crippen molar-refractivity contribution in [3.8, 4) is 5.75 Å². The SMILES string of the molecule is Cc1cc(OCC(=O)NN=Cc2ccncc2)ccc1Cl. The van der Waals surface area contributed by atoms with E-state index >= 15 is 0 Å². The lowest BCUT2D eigenvalue weighted by molar-refractivity contribution is -0.123. The number of carbonyl (C=O) groups is 1. The van der Waals surface area contributed by atoms with E-state index in [1.807, 2.05) is 6.92 Å². The number of aryl methyl sites for hydroxylation is 1. The number of hydrazone groups is 1. The van der Waals surface area contributed by atoms with Gasteiger partial charge in [-0.05, 0) is 48.4 Å². The van der Waals surface area contributed by atoms with Crippen LogP contribution in [0.4, 0.5) is 0 Å². The molecule has 5 nitrogen and oxygen atoms in total. The highest BCUT2D eigenvalue weighted by Gasteiger charge is 2.03. The molecule has 0 radical (unpaired) electrons. The van der Waals surface area contributed by atoms with Crippen LogP contribution in [0.5, 0.6) is 5.75 Å². The Kier molecular flexibility index (Phi) is 5.29. The van der Waals surface area contributed by atoms with Gasteiger partial charge in [-0.1, -0.05) is 11.6 Å². The van der Waals surface area contributed by atoms with Crippen LogP contribution in [0.15, 0.2) is 47.8 Å². The Labute approximate surface area is 127 Å². The summed E-state index contributed by atoms with van der Waals surface area (Å²) in [6, 6.07) is 8.77. The third kappa shape index (κ3) is 4.89. The van der Waals surface area contributed by atoms with Crippen LogP contribution < -0.4 is 10.2 Å². The molecule has 0 aliphatic rings. The topological polar surface area (TPSA) is 63.6 Å². The van der Waals surface area contributed by atoms with E-state index in [2.05, 4.69) is 15.5 Å². The quantitative estimate of drug-likeness (QED) is 0.682. The van der Waals surface area contributed by atoms with Crippen molar-refractivity contribution in [2.24, 2.45) is 5.10 Å². The maximum atomic E-state index is 11.6. The highest BCUT2D eigenvalue weighted by atomic mass is 35.5. The van der Waals surface area contributed by atoms with Gasteiger partial charge in [0.2, 0.25) is 0 Å². The van der Waals surface area contributed by atoms with Crippen molar-refractivity contribution in [2.75, 3.05) is 6.61 Å². The van der Waals surface area contributed by atoms with Gasteiger partial charge in [0.1, 0.15) is 5.75 Å². The van der Waals surface area contributed by atoms with Gasteiger partial charge in [0, 0.05) is 17.4 Å². The fraction of sp³-hybridized carbons (Fsp3) is 0.133. The molecular weight excluding hydrogens is 290 g/mol. The number of rotatable bonds is 5. The minimum Gasteiger partial charge on any atom is -0.484 e. The normalized spacial score (nSPS) is 10.6. The number of nitrogens with zero attached hydrogens (tertiary/aromatic N) is 2. The summed E-state index contributed by atoms with van der Waals surface area (Å²) in [5, 5.41) is 4.49. The molecule has 0 saturated heterocycles. The van der Waals surface area contributed by atoms with Gasteiger partial charge in [0.15, 0.2) is 6.61 Å². The third-order valence-electron chi connectivity index (χ3n) is 2.61. The van der Waals surface area contributed by atoms with Crippen LogP contribution in [0.3, 0.4) is 0 Å². The van der Waals surface area contributed by atoms with Crippen molar-refractivity contribution in [1.29, 1.82) is 0 Å². The van der Waals surface area contributed by atoms with Gasteiger partial charge in [-0.25, -0.2) is 5.43 Å². The van der Waals surface area contributed by atoms with Gasteiger partial charge in [-0.15, -0.1) is 0 Å². The summed E-state index contributed by atoms with van der Waals surface area (Å²) >= 11 is 5.91. The summed E-state index contributed by atoms with van der Waals surface area (Å²) in [5.41, 5.74) is 4.13. The van der Waals surface area contributed by atoms with Crippen LogP contribution in [-0.2, 0) is 4.79 Å². The molecule has 2 aromatic rings. The maximum absolute atomic E-state index is 11.6. The molecule has 21 heavy (non-hydrogen) atoms. The zero-order valence-electron chi connectivity index (χ0n) is 11.4. The minimum absolute atomic E-state index is 0.116. The Balaban J connectivity index is 1.79. The summed E-state index contributed by atoms with van der Waals surface area (Å²) < 4.78 is 5.35. The number of nitrogens with one attached hydrogen (secondary N) is 1. The molecule has 2 rings (SSSR count). The van der Waals surface area contributed by atoms with Crippen LogP contribution >= 0.6 is 11.6 Å². The largest absolute Gasteiger partial charge is 0.484 e. The van der Waals surface area contributed by atoms with Crippen molar-refractivity contribution >= 4 is 23.7 Å². The van der Waals surface area contributed by atoms with E-state index in [-0.39, 0.29) is 12.5 Å². The molecule has 1 heterocycles. The average molecular weight is 304 g/mol. The van der Waals surface area contributed by atoms with E-state index in [1.165, 1.54) is 6.21 Å². The Bertz CT molecular complexity index is 645. The third-order valence-corrected chi connectivity index (χ3v) is 3.03. The Morgan fingerprint density at radius 3 is 2.86 bits per heavy atom. The summed E-state index contributed by atoms with van der Waals surface area (Å²) in [7, 11) is 0. The van der Waals surface area contributed by atoms with Crippen molar-refractivity contribution in [3.05, 3.63) is 58.9 Å². The molecule has 0 spiro atoms. The van der Waals surface area contributed by atoms with Gasteiger partial charge >= 0.3 is 0 Å². The first-order valence-electron chi connectivity index (χ1n) is 6.26. The highest BCUT2D eigenvalue weighted by molar-refractivity contribution is 6.31. The number of amides is 1. The molecule has 1 amide bonds. The van der Waals surface area contributed by atoms with Crippen LogP contribution in [0, 0.1) is 6.92 Å². The van der Waals surface area contributed by atoms with E-state index in [0.29, 0.717) is 10.8 Å². The molecule has 6 heteroatoms. The van der Waals surface area contributed by atoms with Crippen LogP contribution in [-0.4, -0.2) is 23.7 Å². The molecule has 0 atom stereocenters. The monoisotopic (exact) mass is 303 g/mol. The van der Waals surface area contributed by atoms with Gasteiger partial charge in [0.05, 0.1) is 6.21 Å². The van der Waals surface area contributed by atoms with Crippen LogP contribution in [0.25, 0.3) is 0 Å². The first kappa shape index (κ1) is 15.0.